The van der Waals surface area contributed by atoms with Crippen LogP contribution in [-0.4, -0.2) is 23.1 Å². The number of anilines is 1. The normalized spacial score (nSPS) is 9.13. The molecule has 0 saturated heterocycles. The Morgan fingerprint density at radius 2 is 2.27 bits per heavy atom. The van der Waals surface area contributed by atoms with E-state index >= 15 is 0 Å². The molecule has 5 nitrogen and oxygen atoms in total. The number of nitrogens with zero attached hydrogens (tertiary/aromatic N) is 1. The lowest BCUT2D eigenvalue weighted by Gasteiger charge is -2.04. The smallest absolute Gasteiger partial charge is 0.423 e. The minimum atomic E-state index is -1.57. The number of carbonyl (C=O) groups is 1. The van der Waals surface area contributed by atoms with Gasteiger partial charge in [0.15, 0.2) is 0 Å². The van der Waals surface area contributed by atoms with E-state index in [9.17, 15) is 4.79 Å². The van der Waals surface area contributed by atoms with Gasteiger partial charge in [0.05, 0.1) is 6.07 Å². The van der Waals surface area contributed by atoms with Crippen LogP contribution in [0.2, 0.25) is 0 Å². The highest BCUT2D eigenvalue weighted by molar-refractivity contribution is 6.58. The first-order chi connectivity index (χ1) is 7.13. The standard InChI is InChI=1S/C9H9BN2O3/c11-5-4-9(13)12-8-3-1-2-7(6-8)10(14)15/h1-3,6,14-15H,4H2,(H,12,13). The average Bonchev–Trinajstić information content (AvgIpc) is 2.18. The Kier molecular flexibility index (Phi) is 3.86. The lowest BCUT2D eigenvalue weighted by Crippen LogP contribution is -2.30. The molecule has 0 bridgehead atoms. The molecule has 0 heterocycles. The Morgan fingerprint density at radius 3 is 2.87 bits per heavy atom. The van der Waals surface area contributed by atoms with Gasteiger partial charge in [-0.1, -0.05) is 12.1 Å². The Hall–Kier alpha value is -1.84. The van der Waals surface area contributed by atoms with E-state index in [1.165, 1.54) is 12.1 Å². The molecule has 0 saturated carbocycles. The second kappa shape index (κ2) is 5.15. The third-order valence-electron chi connectivity index (χ3n) is 1.71. The molecule has 0 aliphatic carbocycles. The highest BCUT2D eigenvalue weighted by Gasteiger charge is 2.11. The number of rotatable bonds is 3. The molecule has 0 radical (unpaired) electrons. The van der Waals surface area contributed by atoms with Crippen molar-refractivity contribution in [2.24, 2.45) is 0 Å². The Balaban J connectivity index is 2.74. The number of amides is 1. The summed E-state index contributed by atoms with van der Waals surface area (Å²) in [6, 6.07) is 7.84. The van der Waals surface area contributed by atoms with E-state index < -0.39 is 13.0 Å². The zero-order chi connectivity index (χ0) is 11.3. The van der Waals surface area contributed by atoms with Crippen LogP contribution in [0, 0.1) is 11.3 Å². The third-order valence-corrected chi connectivity index (χ3v) is 1.71. The molecule has 3 N–H and O–H groups in total. The molecule has 76 valence electrons. The van der Waals surface area contributed by atoms with Gasteiger partial charge in [-0.15, -0.1) is 0 Å². The zero-order valence-corrected chi connectivity index (χ0v) is 7.84. The maximum absolute atomic E-state index is 11.0. The second-order valence-corrected chi connectivity index (χ2v) is 2.88. The highest BCUT2D eigenvalue weighted by Crippen LogP contribution is 2.04. The Bertz CT molecular complexity index is 401. The van der Waals surface area contributed by atoms with Crippen molar-refractivity contribution in [3.63, 3.8) is 0 Å². The van der Waals surface area contributed by atoms with Crippen LogP contribution in [0.5, 0.6) is 0 Å². The van der Waals surface area contributed by atoms with Gasteiger partial charge >= 0.3 is 7.12 Å². The van der Waals surface area contributed by atoms with Crippen LogP contribution in [0.25, 0.3) is 0 Å². The summed E-state index contributed by atoms with van der Waals surface area (Å²) in [5, 5.41) is 28.5. The van der Waals surface area contributed by atoms with E-state index in [1.54, 1.807) is 18.2 Å². The summed E-state index contributed by atoms with van der Waals surface area (Å²) in [5.74, 6) is -0.429. The first-order valence-electron chi connectivity index (χ1n) is 4.26. The molecule has 0 aromatic heterocycles. The Labute approximate surface area is 87.1 Å². The van der Waals surface area contributed by atoms with Crippen molar-refractivity contribution in [1.29, 1.82) is 5.26 Å². The summed E-state index contributed by atoms with van der Waals surface area (Å²) in [7, 11) is -1.57. The van der Waals surface area contributed by atoms with E-state index in [0.717, 1.165) is 0 Å². The minimum absolute atomic E-state index is 0.230. The largest absolute Gasteiger partial charge is 0.488 e. The van der Waals surface area contributed by atoms with Crippen LogP contribution < -0.4 is 10.8 Å². The van der Waals surface area contributed by atoms with Crippen LogP contribution in [0.3, 0.4) is 0 Å². The lowest BCUT2D eigenvalue weighted by molar-refractivity contribution is -0.115. The van der Waals surface area contributed by atoms with Gasteiger partial charge < -0.3 is 15.4 Å². The molecule has 0 aliphatic heterocycles. The zero-order valence-electron chi connectivity index (χ0n) is 7.84. The molecular formula is C9H9BN2O3. The van der Waals surface area contributed by atoms with E-state index in [-0.39, 0.29) is 11.9 Å². The summed E-state index contributed by atoms with van der Waals surface area (Å²) >= 11 is 0. The highest BCUT2D eigenvalue weighted by atomic mass is 16.4. The van der Waals surface area contributed by atoms with Gasteiger partial charge in [0, 0.05) is 5.69 Å². The average molecular weight is 204 g/mol. The molecule has 1 amide bonds. The number of nitrogens with one attached hydrogen (secondary N) is 1. The van der Waals surface area contributed by atoms with Crippen LogP contribution in [-0.2, 0) is 4.79 Å². The summed E-state index contributed by atoms with van der Waals surface area (Å²) in [5.41, 5.74) is 0.714. The predicted octanol–water partition coefficient (Wildman–Crippen LogP) is -0.781. The molecule has 0 aliphatic rings. The van der Waals surface area contributed by atoms with Gasteiger partial charge in [0.25, 0.3) is 0 Å². The minimum Gasteiger partial charge on any atom is -0.423 e. The maximum atomic E-state index is 11.0. The molecular weight excluding hydrogens is 195 g/mol. The lowest BCUT2D eigenvalue weighted by atomic mass is 9.80. The fraction of sp³-hybridized carbons (Fsp3) is 0.111. The molecule has 1 aromatic carbocycles. The number of benzene rings is 1. The molecule has 0 fully saturated rings. The number of carbonyl (C=O) groups excluding carboxylic acids is 1. The monoisotopic (exact) mass is 204 g/mol. The number of hydrogen-bond donors (Lipinski definition) is 3. The maximum Gasteiger partial charge on any atom is 0.488 e. The van der Waals surface area contributed by atoms with E-state index in [4.69, 9.17) is 15.3 Å². The van der Waals surface area contributed by atoms with Gasteiger partial charge in [0.2, 0.25) is 5.91 Å². The SMILES string of the molecule is N#CCC(=O)Nc1cccc(B(O)O)c1. The third kappa shape index (κ3) is 3.42. The van der Waals surface area contributed by atoms with Gasteiger partial charge in [0.1, 0.15) is 6.42 Å². The summed E-state index contributed by atoms with van der Waals surface area (Å²) in [4.78, 5) is 11.0. The fourth-order valence-electron chi connectivity index (χ4n) is 1.05. The quantitative estimate of drug-likeness (QED) is 0.563. The number of hydrogen-bond acceptors (Lipinski definition) is 4. The van der Waals surface area contributed by atoms with Crippen LogP contribution in [0.4, 0.5) is 5.69 Å². The van der Waals surface area contributed by atoms with E-state index in [0.29, 0.717) is 5.69 Å². The van der Waals surface area contributed by atoms with Crippen molar-refractivity contribution in [3.8, 4) is 6.07 Å². The molecule has 1 rings (SSSR count). The molecule has 1 aromatic rings. The number of nitriles is 1. The summed E-state index contributed by atoms with van der Waals surface area (Å²) < 4.78 is 0. The first-order valence-corrected chi connectivity index (χ1v) is 4.26. The molecule has 15 heavy (non-hydrogen) atoms. The summed E-state index contributed by atoms with van der Waals surface area (Å²) in [6.07, 6.45) is -0.230. The van der Waals surface area contributed by atoms with Crippen molar-refractivity contribution in [2.45, 2.75) is 6.42 Å². The van der Waals surface area contributed by atoms with Crippen molar-refractivity contribution in [1.82, 2.24) is 0 Å². The fourth-order valence-corrected chi connectivity index (χ4v) is 1.05. The molecule has 0 atom stereocenters. The van der Waals surface area contributed by atoms with Crippen LogP contribution in [0.15, 0.2) is 24.3 Å². The topological polar surface area (TPSA) is 93.4 Å². The molecule has 0 unspecified atom stereocenters. The van der Waals surface area contributed by atoms with Crippen molar-refractivity contribution < 1.29 is 14.8 Å². The van der Waals surface area contributed by atoms with Crippen LogP contribution in [0.1, 0.15) is 6.42 Å². The van der Waals surface area contributed by atoms with Crippen LogP contribution >= 0.6 is 0 Å². The Morgan fingerprint density at radius 1 is 1.53 bits per heavy atom. The van der Waals surface area contributed by atoms with E-state index in [2.05, 4.69) is 5.32 Å². The molecule has 0 spiro atoms. The second-order valence-electron chi connectivity index (χ2n) is 2.88. The van der Waals surface area contributed by atoms with Gasteiger partial charge in [-0.2, -0.15) is 5.26 Å². The van der Waals surface area contributed by atoms with Crippen molar-refractivity contribution >= 4 is 24.2 Å². The van der Waals surface area contributed by atoms with Gasteiger partial charge in [-0.25, -0.2) is 0 Å². The van der Waals surface area contributed by atoms with Crippen molar-refractivity contribution in [3.05, 3.63) is 24.3 Å². The predicted molar refractivity (Wildman–Crippen MR) is 55.1 cm³/mol. The van der Waals surface area contributed by atoms with Crippen molar-refractivity contribution in [2.75, 3.05) is 5.32 Å². The van der Waals surface area contributed by atoms with E-state index in [1.807, 2.05) is 0 Å². The molecule has 6 heteroatoms. The first kappa shape index (κ1) is 11.2. The summed E-state index contributed by atoms with van der Waals surface area (Å²) in [6.45, 7) is 0. The van der Waals surface area contributed by atoms with Gasteiger partial charge in [-0.05, 0) is 17.6 Å². The van der Waals surface area contributed by atoms with Gasteiger partial charge in [-0.3, -0.25) is 4.79 Å².